The quantitative estimate of drug-likeness (QED) is 0.546. The van der Waals surface area contributed by atoms with E-state index in [-0.39, 0.29) is 23.9 Å². The Morgan fingerprint density at radius 2 is 1.57 bits per heavy atom. The van der Waals surface area contributed by atoms with Crippen LogP contribution in [0.5, 0.6) is 0 Å². The number of hydrogen-bond acceptors (Lipinski definition) is 4. The number of esters is 1. The third kappa shape index (κ3) is 6.39. The van der Waals surface area contributed by atoms with E-state index in [1.165, 1.54) is 18.1 Å². The average Bonchev–Trinajstić information content (AvgIpc) is 2.75. The Hall–Kier alpha value is -2.72. The summed E-state index contributed by atoms with van der Waals surface area (Å²) in [4.78, 5) is 26.6. The molecular weight excluding hydrogens is 374 g/mol. The molecule has 0 saturated carbocycles. The number of allylic oxidation sites excluding steroid dienone is 1. The molecule has 2 aromatic carbocycles. The van der Waals surface area contributed by atoms with E-state index in [0.29, 0.717) is 12.8 Å². The second-order valence-corrected chi connectivity index (χ2v) is 8.01. The first-order chi connectivity index (χ1) is 14.5. The van der Waals surface area contributed by atoms with Crippen molar-refractivity contribution in [3.8, 4) is 0 Å². The number of rotatable bonds is 9. The normalized spacial score (nSPS) is 16.1. The summed E-state index contributed by atoms with van der Waals surface area (Å²) in [7, 11) is 0. The third-order valence-electron chi connectivity index (χ3n) is 5.67. The van der Waals surface area contributed by atoms with E-state index in [9.17, 15) is 9.59 Å². The number of ether oxygens (including phenoxy) is 1. The van der Waals surface area contributed by atoms with Crippen LogP contribution in [0.1, 0.15) is 50.7 Å². The zero-order chi connectivity index (χ0) is 21.3. The number of ketones is 1. The molecule has 1 aliphatic carbocycles. The predicted molar refractivity (Wildman–Crippen MR) is 119 cm³/mol. The molecule has 0 N–H and O–H groups in total. The molecule has 4 nitrogen and oxygen atoms in total. The van der Waals surface area contributed by atoms with Crippen molar-refractivity contribution >= 4 is 11.8 Å². The first-order valence-corrected chi connectivity index (χ1v) is 10.7. The fraction of sp³-hybridized carbons (Fsp3) is 0.385. The van der Waals surface area contributed by atoms with Crippen LogP contribution >= 0.6 is 0 Å². The van der Waals surface area contributed by atoms with Crippen molar-refractivity contribution in [1.29, 1.82) is 0 Å². The predicted octanol–water partition coefficient (Wildman–Crippen LogP) is 5.08. The van der Waals surface area contributed by atoms with Crippen LogP contribution in [0.4, 0.5) is 0 Å². The van der Waals surface area contributed by atoms with Gasteiger partial charge in [0.2, 0.25) is 0 Å². The van der Waals surface area contributed by atoms with Crippen molar-refractivity contribution in [2.45, 2.75) is 64.8 Å². The van der Waals surface area contributed by atoms with Crippen molar-refractivity contribution in [2.24, 2.45) is 0 Å². The standard InChI is InChI=1S/C26H31NO3/c1-20(26(30-21(2)28)17-24-15-9-10-16-25(24)29)27(18-22-11-5-3-6-12-22)19-23-13-7-4-8-14-23/h3-8,11-15,20,26H,9-10,16-19H2,1-2H3/t20-,26-/m0/s1. The van der Waals surface area contributed by atoms with E-state index in [1.54, 1.807) is 0 Å². The SMILES string of the molecule is CC(=O)O[C@@H](CC1=CCCCC1=O)[C@H](C)N(Cc1ccccc1)Cc1ccccc1. The van der Waals surface area contributed by atoms with E-state index in [0.717, 1.165) is 31.5 Å². The molecule has 2 aromatic rings. The molecule has 158 valence electrons. The van der Waals surface area contributed by atoms with E-state index in [2.05, 4.69) is 36.1 Å². The fourth-order valence-corrected chi connectivity index (χ4v) is 3.97. The van der Waals surface area contributed by atoms with Crippen LogP contribution in [-0.4, -0.2) is 28.8 Å². The van der Waals surface area contributed by atoms with Crippen LogP contribution in [0.25, 0.3) is 0 Å². The van der Waals surface area contributed by atoms with Crippen LogP contribution in [-0.2, 0) is 27.4 Å². The summed E-state index contributed by atoms with van der Waals surface area (Å²) in [5.41, 5.74) is 3.21. The fourth-order valence-electron chi connectivity index (χ4n) is 3.97. The molecule has 0 spiro atoms. The molecule has 0 aliphatic heterocycles. The van der Waals surface area contributed by atoms with Gasteiger partial charge in [-0.15, -0.1) is 0 Å². The number of carbonyl (C=O) groups is 2. The Morgan fingerprint density at radius 1 is 1.00 bits per heavy atom. The van der Waals surface area contributed by atoms with Crippen LogP contribution in [0.2, 0.25) is 0 Å². The minimum atomic E-state index is -0.372. The highest BCUT2D eigenvalue weighted by Gasteiger charge is 2.29. The molecule has 0 bridgehead atoms. The van der Waals surface area contributed by atoms with Gasteiger partial charge in [-0.3, -0.25) is 14.5 Å². The smallest absolute Gasteiger partial charge is 0.302 e. The first kappa shape index (κ1) is 22.0. The summed E-state index contributed by atoms with van der Waals surface area (Å²) in [6.45, 7) is 5.01. The van der Waals surface area contributed by atoms with Gasteiger partial charge in [0.25, 0.3) is 0 Å². The zero-order valence-corrected chi connectivity index (χ0v) is 17.9. The summed E-state index contributed by atoms with van der Waals surface area (Å²) in [6, 6.07) is 20.6. The molecule has 0 radical (unpaired) electrons. The van der Waals surface area contributed by atoms with Gasteiger partial charge in [0.05, 0.1) is 0 Å². The van der Waals surface area contributed by atoms with Crippen LogP contribution < -0.4 is 0 Å². The van der Waals surface area contributed by atoms with Crippen LogP contribution in [0, 0.1) is 0 Å². The van der Waals surface area contributed by atoms with Crippen molar-refractivity contribution in [3.05, 3.63) is 83.4 Å². The summed E-state index contributed by atoms with van der Waals surface area (Å²) >= 11 is 0. The highest BCUT2D eigenvalue weighted by Crippen LogP contribution is 2.25. The Kier molecular flexibility index (Phi) is 7.97. The maximum atomic E-state index is 12.4. The molecular formula is C26H31NO3. The molecule has 3 rings (SSSR count). The van der Waals surface area contributed by atoms with E-state index in [4.69, 9.17) is 4.74 Å². The molecule has 0 heterocycles. The van der Waals surface area contributed by atoms with Crippen molar-refractivity contribution in [2.75, 3.05) is 0 Å². The lowest BCUT2D eigenvalue weighted by atomic mass is 9.91. The van der Waals surface area contributed by atoms with Gasteiger partial charge in [-0.1, -0.05) is 66.7 Å². The summed E-state index contributed by atoms with van der Waals surface area (Å²) in [6.07, 6.45) is 4.53. The lowest BCUT2D eigenvalue weighted by molar-refractivity contribution is -0.150. The Labute approximate surface area is 179 Å². The largest absolute Gasteiger partial charge is 0.461 e. The van der Waals surface area contributed by atoms with Gasteiger partial charge in [-0.2, -0.15) is 0 Å². The molecule has 1 aliphatic rings. The highest BCUT2D eigenvalue weighted by molar-refractivity contribution is 5.96. The molecule has 2 atom stereocenters. The average molecular weight is 406 g/mol. The molecule has 30 heavy (non-hydrogen) atoms. The summed E-state index contributed by atoms with van der Waals surface area (Å²) < 4.78 is 5.75. The van der Waals surface area contributed by atoms with Gasteiger partial charge < -0.3 is 4.74 Å². The monoisotopic (exact) mass is 405 g/mol. The topological polar surface area (TPSA) is 46.6 Å². The third-order valence-corrected chi connectivity index (χ3v) is 5.67. The maximum absolute atomic E-state index is 12.4. The highest BCUT2D eigenvalue weighted by atomic mass is 16.5. The molecule has 0 unspecified atom stereocenters. The second-order valence-electron chi connectivity index (χ2n) is 8.01. The van der Waals surface area contributed by atoms with Crippen molar-refractivity contribution in [3.63, 3.8) is 0 Å². The number of benzene rings is 2. The lowest BCUT2D eigenvalue weighted by Crippen LogP contribution is -2.43. The lowest BCUT2D eigenvalue weighted by Gasteiger charge is -2.35. The zero-order valence-electron chi connectivity index (χ0n) is 17.9. The molecule has 0 saturated heterocycles. The van der Waals surface area contributed by atoms with Gasteiger partial charge in [0, 0.05) is 38.9 Å². The Morgan fingerprint density at radius 3 is 2.07 bits per heavy atom. The van der Waals surface area contributed by atoms with Crippen molar-refractivity contribution in [1.82, 2.24) is 4.90 Å². The van der Waals surface area contributed by atoms with Gasteiger partial charge in [-0.25, -0.2) is 0 Å². The van der Waals surface area contributed by atoms with Gasteiger partial charge in [0.1, 0.15) is 6.10 Å². The maximum Gasteiger partial charge on any atom is 0.302 e. The second kappa shape index (κ2) is 10.9. The Balaban J connectivity index is 1.84. The first-order valence-electron chi connectivity index (χ1n) is 10.7. The van der Waals surface area contributed by atoms with Crippen molar-refractivity contribution < 1.29 is 14.3 Å². The Bertz CT molecular complexity index is 819. The molecule has 0 aromatic heterocycles. The summed E-state index contributed by atoms with van der Waals surface area (Å²) in [5.74, 6) is -0.127. The van der Waals surface area contributed by atoms with Gasteiger partial charge >= 0.3 is 5.97 Å². The molecule has 0 amide bonds. The van der Waals surface area contributed by atoms with Gasteiger partial charge in [-0.05, 0) is 36.5 Å². The minimum Gasteiger partial charge on any atom is -0.461 e. The van der Waals surface area contributed by atoms with E-state index < -0.39 is 0 Å². The van der Waals surface area contributed by atoms with Crippen LogP contribution in [0.15, 0.2) is 72.3 Å². The molecule has 4 heteroatoms. The number of hydrogen-bond donors (Lipinski definition) is 0. The molecule has 0 fully saturated rings. The van der Waals surface area contributed by atoms with E-state index >= 15 is 0 Å². The van der Waals surface area contributed by atoms with Gasteiger partial charge in [0.15, 0.2) is 5.78 Å². The number of nitrogens with zero attached hydrogens (tertiary/aromatic N) is 1. The minimum absolute atomic E-state index is 0.0510. The number of Topliss-reactive ketones (excluding diaryl/α,β-unsaturated/α-hetero) is 1. The summed E-state index contributed by atoms with van der Waals surface area (Å²) in [5, 5.41) is 0. The van der Waals surface area contributed by atoms with E-state index in [1.807, 2.05) is 42.5 Å². The number of carbonyl (C=O) groups excluding carboxylic acids is 2. The van der Waals surface area contributed by atoms with Crippen LogP contribution in [0.3, 0.4) is 0 Å².